The number of carbonyl (C=O) groups is 1. The number of hydrogen-bond acceptors (Lipinski definition) is 4. The van der Waals surface area contributed by atoms with E-state index in [9.17, 15) is 20.0 Å². The lowest BCUT2D eigenvalue weighted by molar-refractivity contribution is -0.384. The monoisotopic (exact) mass is 300 g/mol. The number of benzene rings is 2. The summed E-state index contributed by atoms with van der Waals surface area (Å²) in [5.41, 5.74) is 1.04. The van der Waals surface area contributed by atoms with E-state index >= 15 is 0 Å². The van der Waals surface area contributed by atoms with Gasteiger partial charge in [0.1, 0.15) is 0 Å². The number of aliphatic hydroxyl groups excluding tert-OH is 1. The van der Waals surface area contributed by atoms with Crippen molar-refractivity contribution in [1.82, 2.24) is 5.32 Å². The van der Waals surface area contributed by atoms with Gasteiger partial charge in [-0.3, -0.25) is 14.9 Å². The van der Waals surface area contributed by atoms with Gasteiger partial charge >= 0.3 is 0 Å². The number of carbonyl (C=O) groups excluding carboxylic acids is 1. The zero-order valence-corrected chi connectivity index (χ0v) is 11.8. The first kappa shape index (κ1) is 15.7. The van der Waals surface area contributed by atoms with Gasteiger partial charge in [-0.2, -0.15) is 0 Å². The van der Waals surface area contributed by atoms with E-state index in [0.29, 0.717) is 6.42 Å². The van der Waals surface area contributed by atoms with Gasteiger partial charge < -0.3 is 10.4 Å². The van der Waals surface area contributed by atoms with Crippen molar-refractivity contribution in [2.75, 3.05) is 6.61 Å². The minimum atomic E-state index is -0.551. The van der Waals surface area contributed by atoms with Crippen molar-refractivity contribution in [3.05, 3.63) is 75.8 Å². The molecule has 0 saturated heterocycles. The first-order chi connectivity index (χ1) is 10.6. The zero-order valence-electron chi connectivity index (χ0n) is 11.8. The highest BCUT2D eigenvalue weighted by molar-refractivity contribution is 5.95. The Labute approximate surface area is 127 Å². The van der Waals surface area contributed by atoms with Crippen molar-refractivity contribution < 1.29 is 14.8 Å². The fourth-order valence-electron chi connectivity index (χ4n) is 2.09. The minimum Gasteiger partial charge on any atom is -0.394 e. The molecule has 1 amide bonds. The van der Waals surface area contributed by atoms with E-state index in [2.05, 4.69) is 5.32 Å². The lowest BCUT2D eigenvalue weighted by Gasteiger charge is -2.16. The van der Waals surface area contributed by atoms with Gasteiger partial charge in [-0.05, 0) is 18.1 Å². The Balaban J connectivity index is 2.06. The van der Waals surface area contributed by atoms with Gasteiger partial charge in [-0.25, -0.2) is 0 Å². The maximum atomic E-state index is 12.1. The standard InChI is InChI=1S/C16H16N2O4/c19-11-14(9-12-5-2-1-3-6-12)17-16(20)13-7-4-8-15(10-13)18(21)22/h1-8,10,14,19H,9,11H2,(H,17,20)/t14-/m1/s1. The summed E-state index contributed by atoms with van der Waals surface area (Å²) in [6, 6.07) is 14.5. The second-order valence-corrected chi connectivity index (χ2v) is 4.85. The molecule has 114 valence electrons. The zero-order chi connectivity index (χ0) is 15.9. The number of aliphatic hydroxyl groups is 1. The normalized spacial score (nSPS) is 11.7. The molecule has 0 unspecified atom stereocenters. The van der Waals surface area contributed by atoms with E-state index < -0.39 is 16.9 Å². The SMILES string of the molecule is O=C(N[C@@H](CO)Cc1ccccc1)c1cccc([N+](=O)[O-])c1. The average Bonchev–Trinajstić information content (AvgIpc) is 2.55. The van der Waals surface area contributed by atoms with E-state index in [1.807, 2.05) is 30.3 Å². The first-order valence-electron chi connectivity index (χ1n) is 6.80. The Morgan fingerprint density at radius 1 is 1.18 bits per heavy atom. The predicted octanol–water partition coefficient (Wildman–Crippen LogP) is 1.93. The molecule has 2 N–H and O–H groups in total. The van der Waals surface area contributed by atoms with Crippen LogP contribution in [0, 0.1) is 10.1 Å². The molecule has 0 heterocycles. The first-order valence-corrected chi connectivity index (χ1v) is 6.80. The molecule has 2 aromatic rings. The number of rotatable bonds is 6. The van der Waals surface area contributed by atoms with Crippen LogP contribution in [-0.4, -0.2) is 28.6 Å². The summed E-state index contributed by atoms with van der Waals surface area (Å²) < 4.78 is 0. The summed E-state index contributed by atoms with van der Waals surface area (Å²) in [4.78, 5) is 22.3. The van der Waals surface area contributed by atoms with Crippen molar-refractivity contribution in [2.45, 2.75) is 12.5 Å². The molecule has 22 heavy (non-hydrogen) atoms. The highest BCUT2D eigenvalue weighted by Crippen LogP contribution is 2.13. The minimum absolute atomic E-state index is 0.142. The van der Waals surface area contributed by atoms with E-state index in [4.69, 9.17) is 0 Å². The largest absolute Gasteiger partial charge is 0.394 e. The quantitative estimate of drug-likeness (QED) is 0.629. The molecule has 0 aliphatic carbocycles. The maximum absolute atomic E-state index is 12.1. The molecule has 0 saturated carbocycles. The third-order valence-corrected chi connectivity index (χ3v) is 3.20. The Morgan fingerprint density at radius 2 is 1.91 bits per heavy atom. The lowest BCUT2D eigenvalue weighted by Crippen LogP contribution is -2.39. The van der Waals surface area contributed by atoms with Crippen molar-refractivity contribution >= 4 is 11.6 Å². The third kappa shape index (κ3) is 4.13. The van der Waals surface area contributed by atoms with Gasteiger partial charge in [0, 0.05) is 17.7 Å². The summed E-state index contributed by atoms with van der Waals surface area (Å²) in [6.07, 6.45) is 0.484. The lowest BCUT2D eigenvalue weighted by atomic mass is 10.1. The number of hydrogen-bond donors (Lipinski definition) is 2. The number of nitrogens with one attached hydrogen (secondary N) is 1. The number of nitro groups is 1. The maximum Gasteiger partial charge on any atom is 0.270 e. The van der Waals surface area contributed by atoms with Crippen LogP contribution >= 0.6 is 0 Å². The molecule has 6 nitrogen and oxygen atoms in total. The third-order valence-electron chi connectivity index (χ3n) is 3.20. The van der Waals surface area contributed by atoms with Gasteiger partial charge in [0.25, 0.3) is 11.6 Å². The summed E-state index contributed by atoms with van der Waals surface area (Å²) in [5.74, 6) is -0.446. The molecule has 6 heteroatoms. The Morgan fingerprint density at radius 3 is 2.55 bits per heavy atom. The summed E-state index contributed by atoms with van der Waals surface area (Å²) in [7, 11) is 0. The molecule has 0 bridgehead atoms. The highest BCUT2D eigenvalue weighted by Gasteiger charge is 2.16. The fraction of sp³-hybridized carbons (Fsp3) is 0.188. The number of non-ortho nitro benzene ring substituents is 1. The molecule has 0 aliphatic heterocycles. The van der Waals surface area contributed by atoms with E-state index in [1.54, 1.807) is 0 Å². The van der Waals surface area contributed by atoms with Crippen LogP contribution in [0.4, 0.5) is 5.69 Å². The average molecular weight is 300 g/mol. The molecule has 2 aromatic carbocycles. The van der Waals surface area contributed by atoms with Gasteiger partial charge in [0.2, 0.25) is 0 Å². The van der Waals surface area contributed by atoms with Crippen LogP contribution in [0.2, 0.25) is 0 Å². The smallest absolute Gasteiger partial charge is 0.270 e. The summed E-state index contributed by atoms with van der Waals surface area (Å²) >= 11 is 0. The summed E-state index contributed by atoms with van der Waals surface area (Å²) in [5, 5.41) is 22.8. The van der Waals surface area contributed by atoms with Crippen LogP contribution in [0.1, 0.15) is 15.9 Å². The van der Waals surface area contributed by atoms with E-state index in [0.717, 1.165) is 5.56 Å². The van der Waals surface area contributed by atoms with Gasteiger partial charge in [-0.15, -0.1) is 0 Å². The Hall–Kier alpha value is -2.73. The van der Waals surface area contributed by atoms with Gasteiger partial charge in [0.15, 0.2) is 0 Å². The number of nitro benzene ring substituents is 1. The Bertz CT molecular complexity index is 658. The predicted molar refractivity (Wildman–Crippen MR) is 81.6 cm³/mol. The fourth-order valence-corrected chi connectivity index (χ4v) is 2.09. The summed E-state index contributed by atoms with van der Waals surface area (Å²) in [6.45, 7) is -0.213. The topological polar surface area (TPSA) is 92.5 Å². The Kier molecular flexibility index (Phi) is 5.21. The van der Waals surface area contributed by atoms with Gasteiger partial charge in [0.05, 0.1) is 17.6 Å². The highest BCUT2D eigenvalue weighted by atomic mass is 16.6. The number of amides is 1. The van der Waals surface area contributed by atoms with Crippen molar-refractivity contribution in [1.29, 1.82) is 0 Å². The molecular formula is C16H16N2O4. The van der Waals surface area contributed by atoms with Crippen molar-refractivity contribution in [3.63, 3.8) is 0 Å². The second kappa shape index (κ2) is 7.33. The van der Waals surface area contributed by atoms with Crippen LogP contribution in [-0.2, 0) is 6.42 Å². The molecule has 0 spiro atoms. The molecule has 0 aromatic heterocycles. The van der Waals surface area contributed by atoms with Crippen LogP contribution in [0.3, 0.4) is 0 Å². The van der Waals surface area contributed by atoms with Crippen LogP contribution < -0.4 is 5.32 Å². The molecule has 1 atom stereocenters. The van der Waals surface area contributed by atoms with E-state index in [1.165, 1.54) is 24.3 Å². The van der Waals surface area contributed by atoms with Crippen LogP contribution in [0.15, 0.2) is 54.6 Å². The second-order valence-electron chi connectivity index (χ2n) is 4.85. The van der Waals surface area contributed by atoms with Crippen LogP contribution in [0.5, 0.6) is 0 Å². The van der Waals surface area contributed by atoms with Crippen LogP contribution in [0.25, 0.3) is 0 Å². The molecule has 2 rings (SSSR count). The van der Waals surface area contributed by atoms with Gasteiger partial charge in [-0.1, -0.05) is 36.4 Å². The molecule has 0 fully saturated rings. The van der Waals surface area contributed by atoms with Crippen molar-refractivity contribution in [3.8, 4) is 0 Å². The molecular weight excluding hydrogens is 284 g/mol. The molecule has 0 radical (unpaired) electrons. The van der Waals surface area contributed by atoms with Crippen molar-refractivity contribution in [2.24, 2.45) is 0 Å². The van der Waals surface area contributed by atoms with E-state index in [-0.39, 0.29) is 17.9 Å². The number of nitrogens with zero attached hydrogens (tertiary/aromatic N) is 1. The molecule has 0 aliphatic rings.